The van der Waals surface area contributed by atoms with Gasteiger partial charge >= 0.3 is 0 Å². The summed E-state index contributed by atoms with van der Waals surface area (Å²) >= 11 is 0. The second kappa shape index (κ2) is 13.2. The van der Waals surface area contributed by atoms with Gasteiger partial charge in [-0.15, -0.1) is 0 Å². The zero-order valence-corrected chi connectivity index (χ0v) is 13.2. The highest BCUT2D eigenvalue weighted by atomic mass is 31.0. The highest BCUT2D eigenvalue weighted by Gasteiger charge is 2.18. The fraction of sp³-hybridized carbons (Fsp3) is 0.917. The normalized spacial score (nSPS) is 13.6. The Hall–Kier alpha value is -0.220. The molecule has 0 fully saturated rings. The van der Waals surface area contributed by atoms with Gasteiger partial charge in [-0.3, -0.25) is 4.79 Å². The van der Waals surface area contributed by atoms with E-state index in [0.29, 0.717) is 6.42 Å². The predicted octanol–water partition coefficient (Wildman–Crippen LogP) is 0.633. The van der Waals surface area contributed by atoms with Crippen molar-refractivity contribution in [1.29, 1.82) is 0 Å². The number of nitrogens with one attached hydrogen (secondary N) is 2. The van der Waals surface area contributed by atoms with Crippen LogP contribution in [0.15, 0.2) is 0 Å². The Kier molecular flexibility index (Phi) is 14.8. The van der Waals surface area contributed by atoms with Gasteiger partial charge in [-0.25, -0.2) is 0 Å². The zero-order valence-electron chi connectivity index (χ0n) is 12.1. The molecule has 0 aliphatic rings. The first-order valence-electron chi connectivity index (χ1n) is 6.54. The topological polar surface area (TPSA) is 87.4 Å². The number of aliphatic hydroxyl groups excluding tert-OH is 1. The van der Waals surface area contributed by atoms with Crippen molar-refractivity contribution in [3.63, 3.8) is 0 Å². The summed E-state index contributed by atoms with van der Waals surface area (Å²) in [5.74, 6) is 0.0531. The van der Waals surface area contributed by atoms with Crippen molar-refractivity contribution in [3.8, 4) is 0 Å². The van der Waals surface area contributed by atoms with Crippen LogP contribution in [0.4, 0.5) is 0 Å². The average Bonchev–Trinajstić information content (AvgIpc) is 2.35. The maximum absolute atomic E-state index is 11.5. The molecule has 0 spiro atoms. The van der Waals surface area contributed by atoms with Crippen molar-refractivity contribution in [2.45, 2.75) is 52.6 Å². The number of rotatable bonds is 7. The Morgan fingerprint density at radius 3 is 2.17 bits per heavy atom. The first-order valence-corrected chi connectivity index (χ1v) is 7.12. The molecule has 3 atom stereocenters. The molecule has 110 valence electrons. The van der Waals surface area contributed by atoms with Crippen LogP contribution in [0.3, 0.4) is 0 Å². The molecular formula is C12H30N3O2P. The van der Waals surface area contributed by atoms with Gasteiger partial charge < -0.3 is 21.2 Å². The van der Waals surface area contributed by atoms with Gasteiger partial charge in [0.05, 0.1) is 18.7 Å². The predicted molar refractivity (Wildman–Crippen MR) is 80.1 cm³/mol. The molecule has 3 unspecified atom stereocenters. The lowest BCUT2D eigenvalue weighted by Crippen LogP contribution is -2.48. The third-order valence-electron chi connectivity index (χ3n) is 2.47. The first kappa shape index (κ1) is 20.1. The minimum Gasteiger partial charge on any atom is -0.394 e. The third-order valence-corrected chi connectivity index (χ3v) is 2.88. The molecule has 1 amide bonds. The molecule has 0 aliphatic carbocycles. The van der Waals surface area contributed by atoms with Crippen LogP contribution >= 0.6 is 9.39 Å². The molecule has 0 bridgehead atoms. The number of carbonyl (C=O) groups excluding carboxylic acids is 1. The molecule has 6 heteroatoms. The van der Waals surface area contributed by atoms with Crippen LogP contribution in [0.25, 0.3) is 0 Å². The molecule has 0 aromatic carbocycles. The van der Waals surface area contributed by atoms with Crippen LogP contribution in [0.5, 0.6) is 0 Å². The number of amides is 1. The van der Waals surface area contributed by atoms with Gasteiger partial charge in [-0.05, 0) is 18.9 Å². The van der Waals surface area contributed by atoms with Crippen molar-refractivity contribution < 1.29 is 9.90 Å². The lowest BCUT2D eigenvalue weighted by molar-refractivity contribution is -0.123. The van der Waals surface area contributed by atoms with Crippen LogP contribution in [0.1, 0.15) is 40.5 Å². The Morgan fingerprint density at radius 2 is 1.89 bits per heavy atom. The summed E-state index contributed by atoms with van der Waals surface area (Å²) in [6.07, 6.45) is 1.57. The molecular weight excluding hydrogens is 249 g/mol. The Morgan fingerprint density at radius 1 is 1.39 bits per heavy atom. The van der Waals surface area contributed by atoms with Crippen molar-refractivity contribution in [2.24, 2.45) is 11.7 Å². The van der Waals surface area contributed by atoms with Crippen molar-refractivity contribution in [1.82, 2.24) is 10.4 Å². The number of carbonyl (C=O) groups is 1. The van der Waals surface area contributed by atoms with E-state index < -0.39 is 6.04 Å². The van der Waals surface area contributed by atoms with E-state index in [4.69, 9.17) is 10.8 Å². The van der Waals surface area contributed by atoms with Crippen molar-refractivity contribution >= 4 is 15.3 Å². The Balaban J connectivity index is 0. The van der Waals surface area contributed by atoms with Gasteiger partial charge in [0, 0.05) is 0 Å². The second-order valence-corrected chi connectivity index (χ2v) is 4.90. The summed E-state index contributed by atoms with van der Waals surface area (Å²) in [6, 6.07) is -0.641. The maximum atomic E-state index is 11.5. The number of hydrogen-bond donors (Lipinski definition) is 4. The summed E-state index contributed by atoms with van der Waals surface area (Å²) in [6.45, 7) is 8.93. The fourth-order valence-corrected chi connectivity index (χ4v) is 1.15. The molecule has 0 aromatic rings. The summed E-state index contributed by atoms with van der Waals surface area (Å²) in [4.78, 5) is 11.5. The van der Waals surface area contributed by atoms with Gasteiger partial charge in [0.2, 0.25) is 5.91 Å². The summed E-state index contributed by atoms with van der Waals surface area (Å²) in [5.41, 5.74) is 5.64. The molecule has 5 N–H and O–H groups in total. The van der Waals surface area contributed by atoms with E-state index >= 15 is 0 Å². The molecule has 0 saturated carbocycles. The lowest BCUT2D eigenvalue weighted by atomic mass is 10.0. The summed E-state index contributed by atoms with van der Waals surface area (Å²) in [5, 5.41) is 14.6. The molecule has 0 saturated heterocycles. The van der Waals surface area contributed by atoms with Gasteiger partial charge in [0.1, 0.15) is 0 Å². The van der Waals surface area contributed by atoms with E-state index in [-0.39, 0.29) is 24.5 Å². The smallest absolute Gasteiger partial charge is 0.237 e. The third kappa shape index (κ3) is 10.9. The number of aliphatic hydroxyl groups is 1. The minimum absolute atomic E-state index is 0.0394. The number of hydrogen-bond acceptors (Lipinski definition) is 4. The molecule has 0 heterocycles. The van der Waals surface area contributed by atoms with Gasteiger partial charge in [-0.2, -0.15) is 0 Å². The zero-order chi connectivity index (χ0) is 14.6. The number of nitrogens with two attached hydrogens (primary N) is 1. The van der Waals surface area contributed by atoms with E-state index in [1.807, 2.05) is 27.7 Å². The standard InChI is InChI=1S/C10H22N2O2.C2H8NP/c1-4-5-8(11)10(14)12-9(6-13)7(2)3;1-2-3-4/h7-9,13H,4-6,11H2,1-3H3,(H,12,14);3H,2,4H2,1H3. The van der Waals surface area contributed by atoms with Crippen molar-refractivity contribution in [3.05, 3.63) is 0 Å². The molecule has 0 rings (SSSR count). The maximum Gasteiger partial charge on any atom is 0.237 e. The Bertz CT molecular complexity index is 202. The van der Waals surface area contributed by atoms with Crippen molar-refractivity contribution in [2.75, 3.05) is 13.2 Å². The van der Waals surface area contributed by atoms with E-state index in [9.17, 15) is 4.79 Å². The summed E-state index contributed by atoms with van der Waals surface area (Å²) in [7, 11) is 2.41. The van der Waals surface area contributed by atoms with E-state index in [1.54, 1.807) is 0 Å². The molecule has 5 nitrogen and oxygen atoms in total. The van der Waals surface area contributed by atoms with Gasteiger partial charge in [0.25, 0.3) is 0 Å². The van der Waals surface area contributed by atoms with Crippen LogP contribution in [-0.2, 0) is 4.79 Å². The monoisotopic (exact) mass is 279 g/mol. The minimum atomic E-state index is -0.451. The Labute approximate surface area is 114 Å². The van der Waals surface area contributed by atoms with Crippen LogP contribution in [0.2, 0.25) is 0 Å². The lowest BCUT2D eigenvalue weighted by Gasteiger charge is -2.21. The van der Waals surface area contributed by atoms with Crippen LogP contribution in [-0.4, -0.2) is 36.2 Å². The second-order valence-electron chi connectivity index (χ2n) is 4.49. The molecule has 18 heavy (non-hydrogen) atoms. The quantitative estimate of drug-likeness (QED) is 0.515. The highest BCUT2D eigenvalue weighted by molar-refractivity contribution is 7.13. The average molecular weight is 279 g/mol. The van der Waals surface area contributed by atoms with Crippen LogP contribution in [0, 0.1) is 5.92 Å². The van der Waals surface area contributed by atoms with Crippen LogP contribution < -0.4 is 16.1 Å². The van der Waals surface area contributed by atoms with E-state index in [2.05, 4.69) is 19.8 Å². The van der Waals surface area contributed by atoms with E-state index in [0.717, 1.165) is 13.0 Å². The van der Waals surface area contributed by atoms with Gasteiger partial charge in [-0.1, -0.05) is 43.5 Å². The SMILES string of the molecule is CCCC(N)C(=O)NC(CO)C(C)C.CCNP. The first-order chi connectivity index (χ1) is 8.44. The molecule has 0 radical (unpaired) electrons. The van der Waals surface area contributed by atoms with Gasteiger partial charge in [0.15, 0.2) is 0 Å². The molecule has 0 aromatic heterocycles. The fourth-order valence-electron chi connectivity index (χ4n) is 1.15. The highest BCUT2D eigenvalue weighted by Crippen LogP contribution is 2.01. The van der Waals surface area contributed by atoms with E-state index in [1.165, 1.54) is 0 Å². The summed E-state index contributed by atoms with van der Waals surface area (Å²) < 4.78 is 0. The molecule has 0 aliphatic heterocycles. The largest absolute Gasteiger partial charge is 0.394 e.